The Morgan fingerprint density at radius 2 is 1.80 bits per heavy atom. The van der Waals surface area contributed by atoms with E-state index in [9.17, 15) is 0 Å². The number of aromatic nitrogens is 1. The van der Waals surface area contributed by atoms with Crippen LogP contribution in [0.5, 0.6) is 0 Å². The Bertz CT molecular complexity index is 391. The summed E-state index contributed by atoms with van der Waals surface area (Å²) in [6, 6.07) is 2.23. The first-order valence-corrected chi connectivity index (χ1v) is 8.77. The van der Waals surface area contributed by atoms with E-state index in [2.05, 4.69) is 64.5 Å². The fraction of sp³-hybridized carbons (Fsp3) is 0.688. The maximum Gasteiger partial charge on any atom is 0.131 e. The summed E-state index contributed by atoms with van der Waals surface area (Å²) in [7, 11) is 0. The molecular weight excluding hydrogens is 314 g/mol. The minimum Gasteiger partial charge on any atom is -0.357 e. The van der Waals surface area contributed by atoms with Gasteiger partial charge >= 0.3 is 0 Å². The molecule has 0 N–H and O–H groups in total. The molecule has 0 bridgehead atoms. The highest BCUT2D eigenvalue weighted by Gasteiger charge is 2.10. The van der Waals surface area contributed by atoms with Gasteiger partial charge in [0, 0.05) is 24.6 Å². The molecular formula is C16H28BrN3. The van der Waals surface area contributed by atoms with Gasteiger partial charge in [0.15, 0.2) is 0 Å². The van der Waals surface area contributed by atoms with Crippen molar-refractivity contribution < 1.29 is 0 Å². The zero-order chi connectivity index (χ0) is 15.0. The Hall–Kier alpha value is -0.610. The monoisotopic (exact) mass is 341 g/mol. The highest BCUT2D eigenvalue weighted by Crippen LogP contribution is 2.19. The molecule has 0 aromatic carbocycles. The Morgan fingerprint density at radius 1 is 1.10 bits per heavy atom. The minimum atomic E-state index is 0.870. The molecule has 0 saturated carbocycles. The fourth-order valence-electron chi connectivity index (χ4n) is 2.47. The minimum absolute atomic E-state index is 0.870. The Balaban J connectivity index is 2.62. The molecule has 0 atom stereocenters. The summed E-state index contributed by atoms with van der Waals surface area (Å²) in [5.74, 6) is 1.14. The Kier molecular flexibility index (Phi) is 8.15. The summed E-state index contributed by atoms with van der Waals surface area (Å²) in [5.41, 5.74) is 2.51. The van der Waals surface area contributed by atoms with Crippen LogP contribution in [0.25, 0.3) is 0 Å². The van der Waals surface area contributed by atoms with Gasteiger partial charge in [-0.25, -0.2) is 4.98 Å². The van der Waals surface area contributed by atoms with Crippen LogP contribution in [0.4, 0.5) is 5.82 Å². The number of nitrogens with zero attached hydrogens (tertiary/aromatic N) is 3. The molecule has 114 valence electrons. The number of hydrogen-bond acceptors (Lipinski definition) is 3. The molecule has 0 radical (unpaired) electrons. The third-order valence-electron chi connectivity index (χ3n) is 3.74. The highest BCUT2D eigenvalue weighted by atomic mass is 79.9. The van der Waals surface area contributed by atoms with Crippen LogP contribution in [-0.2, 0) is 5.33 Å². The number of halogens is 1. The zero-order valence-corrected chi connectivity index (χ0v) is 14.9. The first-order chi connectivity index (χ1) is 9.65. The van der Waals surface area contributed by atoms with Gasteiger partial charge in [-0.1, -0.05) is 35.8 Å². The molecule has 1 rings (SSSR count). The van der Waals surface area contributed by atoms with E-state index >= 15 is 0 Å². The second-order valence-electron chi connectivity index (χ2n) is 5.08. The number of anilines is 1. The van der Waals surface area contributed by atoms with E-state index in [1.54, 1.807) is 0 Å². The smallest absolute Gasteiger partial charge is 0.131 e. The molecule has 0 saturated heterocycles. The Morgan fingerprint density at radius 3 is 2.30 bits per heavy atom. The van der Waals surface area contributed by atoms with Gasteiger partial charge in [-0.2, -0.15) is 0 Å². The van der Waals surface area contributed by atoms with Crippen molar-refractivity contribution in [1.82, 2.24) is 9.88 Å². The molecule has 0 aliphatic heterocycles. The lowest BCUT2D eigenvalue weighted by molar-refractivity contribution is 0.300. The number of alkyl halides is 1. The number of pyridine rings is 1. The van der Waals surface area contributed by atoms with Crippen LogP contribution < -0.4 is 4.90 Å². The van der Waals surface area contributed by atoms with E-state index in [1.165, 1.54) is 24.1 Å². The molecule has 3 nitrogen and oxygen atoms in total. The Labute approximate surface area is 132 Å². The first-order valence-electron chi connectivity index (χ1n) is 7.64. The lowest BCUT2D eigenvalue weighted by Crippen LogP contribution is -2.30. The lowest BCUT2D eigenvalue weighted by Gasteiger charge is -2.25. The molecule has 4 heteroatoms. The van der Waals surface area contributed by atoms with Crippen molar-refractivity contribution in [2.24, 2.45) is 0 Å². The molecule has 1 aromatic rings. The number of hydrogen-bond donors (Lipinski definition) is 0. The molecule has 1 heterocycles. The van der Waals surface area contributed by atoms with Crippen LogP contribution in [0.15, 0.2) is 12.3 Å². The standard InChI is InChI=1S/C16H28BrN3/c1-5-19(6-2)9-8-10-20(7-3)16-14(4)11-15(12-17)13-18-16/h11,13H,5-10,12H2,1-4H3. The van der Waals surface area contributed by atoms with Crippen molar-refractivity contribution >= 4 is 21.7 Å². The van der Waals surface area contributed by atoms with Gasteiger partial charge in [0.05, 0.1) is 0 Å². The predicted octanol–water partition coefficient (Wildman–Crippen LogP) is 3.84. The van der Waals surface area contributed by atoms with Crippen LogP contribution in [0.2, 0.25) is 0 Å². The van der Waals surface area contributed by atoms with E-state index in [0.29, 0.717) is 0 Å². The summed E-state index contributed by atoms with van der Waals surface area (Å²) in [6.45, 7) is 14.4. The average Bonchev–Trinajstić information content (AvgIpc) is 2.48. The van der Waals surface area contributed by atoms with Crippen molar-refractivity contribution in [3.05, 3.63) is 23.4 Å². The van der Waals surface area contributed by atoms with Crippen molar-refractivity contribution in [3.63, 3.8) is 0 Å². The van der Waals surface area contributed by atoms with Crippen molar-refractivity contribution in [2.45, 2.75) is 39.4 Å². The maximum absolute atomic E-state index is 4.64. The van der Waals surface area contributed by atoms with Gasteiger partial charge in [0.25, 0.3) is 0 Å². The summed E-state index contributed by atoms with van der Waals surface area (Å²) in [6.07, 6.45) is 3.17. The molecule has 0 unspecified atom stereocenters. The van der Waals surface area contributed by atoms with E-state index in [4.69, 9.17) is 0 Å². The molecule has 0 spiro atoms. The van der Waals surface area contributed by atoms with Crippen LogP contribution in [0, 0.1) is 6.92 Å². The maximum atomic E-state index is 4.64. The SMILES string of the molecule is CCN(CC)CCCN(CC)c1ncc(CBr)cc1C. The summed E-state index contributed by atoms with van der Waals surface area (Å²) < 4.78 is 0. The lowest BCUT2D eigenvalue weighted by atomic mass is 10.2. The highest BCUT2D eigenvalue weighted by molar-refractivity contribution is 9.08. The first kappa shape index (κ1) is 17.4. The van der Waals surface area contributed by atoms with Crippen LogP contribution >= 0.6 is 15.9 Å². The van der Waals surface area contributed by atoms with E-state index in [-0.39, 0.29) is 0 Å². The van der Waals surface area contributed by atoms with Crippen LogP contribution in [0.3, 0.4) is 0 Å². The summed E-state index contributed by atoms with van der Waals surface area (Å²) in [4.78, 5) is 9.50. The second kappa shape index (κ2) is 9.35. The van der Waals surface area contributed by atoms with Gasteiger partial charge in [-0.3, -0.25) is 0 Å². The van der Waals surface area contributed by atoms with Crippen molar-refractivity contribution in [1.29, 1.82) is 0 Å². The molecule has 20 heavy (non-hydrogen) atoms. The number of aryl methyl sites for hydroxylation is 1. The van der Waals surface area contributed by atoms with Crippen LogP contribution in [-0.4, -0.2) is 42.6 Å². The topological polar surface area (TPSA) is 19.4 Å². The molecule has 0 fully saturated rings. The van der Waals surface area contributed by atoms with E-state index in [0.717, 1.165) is 37.3 Å². The summed E-state index contributed by atoms with van der Waals surface area (Å²) >= 11 is 3.48. The molecule has 0 aliphatic rings. The average molecular weight is 342 g/mol. The van der Waals surface area contributed by atoms with Crippen molar-refractivity contribution in [3.8, 4) is 0 Å². The largest absolute Gasteiger partial charge is 0.357 e. The second-order valence-corrected chi connectivity index (χ2v) is 5.64. The van der Waals surface area contributed by atoms with Crippen LogP contribution in [0.1, 0.15) is 38.3 Å². The molecule has 1 aromatic heterocycles. The third kappa shape index (κ3) is 5.06. The van der Waals surface area contributed by atoms with Gasteiger partial charge in [0.1, 0.15) is 5.82 Å². The van der Waals surface area contributed by atoms with Gasteiger partial charge in [0.2, 0.25) is 0 Å². The van der Waals surface area contributed by atoms with Gasteiger partial charge < -0.3 is 9.80 Å². The quantitative estimate of drug-likeness (QED) is 0.636. The van der Waals surface area contributed by atoms with E-state index in [1.807, 2.05) is 6.20 Å². The van der Waals surface area contributed by atoms with E-state index < -0.39 is 0 Å². The molecule has 0 aliphatic carbocycles. The van der Waals surface area contributed by atoms with Gasteiger partial charge in [-0.05, 0) is 51.0 Å². The van der Waals surface area contributed by atoms with Crippen molar-refractivity contribution in [2.75, 3.05) is 37.6 Å². The number of rotatable bonds is 9. The zero-order valence-electron chi connectivity index (χ0n) is 13.3. The molecule has 0 amide bonds. The fourth-order valence-corrected chi connectivity index (χ4v) is 2.78. The van der Waals surface area contributed by atoms with Gasteiger partial charge in [-0.15, -0.1) is 0 Å². The summed E-state index contributed by atoms with van der Waals surface area (Å²) in [5, 5.41) is 0.870. The predicted molar refractivity (Wildman–Crippen MR) is 91.9 cm³/mol. The third-order valence-corrected chi connectivity index (χ3v) is 4.39. The normalized spacial score (nSPS) is 11.1.